The van der Waals surface area contributed by atoms with Gasteiger partial charge in [-0.25, -0.2) is 0 Å². The van der Waals surface area contributed by atoms with E-state index in [2.05, 4.69) is 34.6 Å². The van der Waals surface area contributed by atoms with Crippen LogP contribution < -0.4 is 5.32 Å². The minimum Gasteiger partial charge on any atom is -0.374 e. The Morgan fingerprint density at radius 1 is 1.33 bits per heavy atom. The summed E-state index contributed by atoms with van der Waals surface area (Å²) >= 11 is 3.87. The van der Waals surface area contributed by atoms with Crippen molar-refractivity contribution in [1.82, 2.24) is 0 Å². The van der Waals surface area contributed by atoms with Crippen LogP contribution in [0.4, 0.5) is 5.00 Å². The molecule has 1 nitrogen and oxygen atoms in total. The Hall–Kier alpha value is -0.150. The van der Waals surface area contributed by atoms with Crippen LogP contribution in [-0.4, -0.2) is 17.5 Å². The third kappa shape index (κ3) is 2.17. The summed E-state index contributed by atoms with van der Waals surface area (Å²) in [4.78, 5) is 0. The number of anilines is 1. The second-order valence-corrected chi connectivity index (χ2v) is 5.18. The Balaban J connectivity index is 1.86. The number of hydrogen-bond acceptors (Lipinski definition) is 3. The lowest BCUT2D eigenvalue weighted by molar-refractivity contribution is 0.669. The lowest BCUT2D eigenvalue weighted by atomic mass is 10.2. The third-order valence-corrected chi connectivity index (χ3v) is 3.94. The number of hydrogen-bond donors (Lipinski definition) is 1. The maximum absolute atomic E-state index is 3.57. The normalized spacial score (nSPS) is 19.3. The van der Waals surface area contributed by atoms with E-state index in [4.69, 9.17) is 0 Å². The second kappa shape index (κ2) is 4.19. The van der Waals surface area contributed by atoms with Crippen molar-refractivity contribution >= 4 is 28.1 Å². The summed E-state index contributed by atoms with van der Waals surface area (Å²) in [6.45, 7) is 0. The van der Waals surface area contributed by atoms with Crippen molar-refractivity contribution in [1.29, 1.82) is 0 Å². The quantitative estimate of drug-likeness (QED) is 0.785. The minimum atomic E-state index is 0.727. The number of nitrogens with one attached hydrogen (secondary N) is 1. The van der Waals surface area contributed by atoms with Gasteiger partial charge in [-0.1, -0.05) is 0 Å². The van der Waals surface area contributed by atoms with Gasteiger partial charge in [0.15, 0.2) is 0 Å². The summed E-state index contributed by atoms with van der Waals surface area (Å²) in [6, 6.07) is 4.99. The highest BCUT2D eigenvalue weighted by Gasteiger charge is 2.12. The molecule has 0 radical (unpaired) electrons. The Morgan fingerprint density at radius 2 is 2.17 bits per heavy atom. The standard InChI is InChI=1S/C9H13NS2/c1-2-9(12-5-1)10-8-3-6-11-7-4-8/h1-2,5,8,10H,3-4,6-7H2. The second-order valence-electron chi connectivity index (χ2n) is 3.01. The number of thiophene rings is 1. The summed E-state index contributed by atoms with van der Waals surface area (Å²) < 4.78 is 0. The van der Waals surface area contributed by atoms with Crippen LogP contribution in [0.25, 0.3) is 0 Å². The van der Waals surface area contributed by atoms with Crippen LogP contribution >= 0.6 is 23.1 Å². The summed E-state index contributed by atoms with van der Waals surface area (Å²) in [5.74, 6) is 2.64. The molecule has 2 heterocycles. The first-order valence-electron chi connectivity index (χ1n) is 4.33. The Labute approximate surface area is 81.6 Å². The molecule has 0 saturated carbocycles. The summed E-state index contributed by atoms with van der Waals surface area (Å²) in [7, 11) is 0. The number of thioether (sulfide) groups is 1. The molecule has 1 N–H and O–H groups in total. The highest BCUT2D eigenvalue weighted by Crippen LogP contribution is 2.23. The fourth-order valence-corrected chi connectivity index (χ4v) is 3.21. The molecular formula is C9H13NS2. The Bertz CT molecular complexity index is 214. The Kier molecular flexibility index (Phi) is 2.95. The largest absolute Gasteiger partial charge is 0.374 e. The minimum absolute atomic E-state index is 0.727. The van der Waals surface area contributed by atoms with Crippen molar-refractivity contribution in [3.8, 4) is 0 Å². The summed E-state index contributed by atoms with van der Waals surface area (Å²) in [5, 5.41) is 7.02. The van der Waals surface area contributed by atoms with Crippen molar-refractivity contribution in [2.45, 2.75) is 18.9 Å². The van der Waals surface area contributed by atoms with Crippen LogP contribution in [0.5, 0.6) is 0 Å². The SMILES string of the molecule is c1csc(NC2CCSCC2)c1. The average molecular weight is 199 g/mol. The molecule has 1 aliphatic heterocycles. The molecule has 1 saturated heterocycles. The summed E-state index contributed by atoms with van der Waals surface area (Å²) in [5.41, 5.74) is 0. The molecule has 0 bridgehead atoms. The third-order valence-electron chi connectivity index (χ3n) is 2.09. The van der Waals surface area contributed by atoms with Gasteiger partial charge in [0.1, 0.15) is 0 Å². The van der Waals surface area contributed by atoms with E-state index in [0.717, 1.165) is 6.04 Å². The van der Waals surface area contributed by atoms with Crippen LogP contribution in [0.15, 0.2) is 17.5 Å². The molecule has 12 heavy (non-hydrogen) atoms. The van der Waals surface area contributed by atoms with Gasteiger partial charge in [-0.3, -0.25) is 0 Å². The van der Waals surface area contributed by atoms with Crippen molar-refractivity contribution in [3.63, 3.8) is 0 Å². The van der Waals surface area contributed by atoms with Crippen molar-refractivity contribution in [2.75, 3.05) is 16.8 Å². The fraction of sp³-hybridized carbons (Fsp3) is 0.556. The first-order chi connectivity index (χ1) is 5.95. The lowest BCUT2D eigenvalue weighted by Crippen LogP contribution is -2.23. The van der Waals surface area contributed by atoms with Crippen LogP contribution in [0.3, 0.4) is 0 Å². The maximum atomic E-state index is 3.57. The molecule has 1 aromatic rings. The molecule has 3 heteroatoms. The van der Waals surface area contributed by atoms with E-state index < -0.39 is 0 Å². The zero-order valence-electron chi connectivity index (χ0n) is 6.95. The van der Waals surface area contributed by atoms with E-state index in [1.54, 1.807) is 11.3 Å². The molecule has 2 rings (SSSR count). The van der Waals surface area contributed by atoms with E-state index in [1.165, 1.54) is 29.3 Å². The van der Waals surface area contributed by atoms with Gasteiger partial charge in [0.05, 0.1) is 5.00 Å². The highest BCUT2D eigenvalue weighted by molar-refractivity contribution is 7.99. The smallest absolute Gasteiger partial charge is 0.0884 e. The zero-order chi connectivity index (χ0) is 8.23. The fourth-order valence-electron chi connectivity index (χ4n) is 1.40. The molecule has 0 amide bonds. The first kappa shape index (κ1) is 8.45. The van der Waals surface area contributed by atoms with Gasteiger partial charge in [-0.15, -0.1) is 11.3 Å². The molecule has 0 spiro atoms. The Morgan fingerprint density at radius 3 is 2.83 bits per heavy atom. The predicted octanol–water partition coefficient (Wildman–Crippen LogP) is 3.06. The maximum Gasteiger partial charge on any atom is 0.0884 e. The molecule has 0 aromatic carbocycles. The molecule has 0 aliphatic carbocycles. The number of rotatable bonds is 2. The van der Waals surface area contributed by atoms with Gasteiger partial charge in [0, 0.05) is 6.04 Å². The molecule has 0 atom stereocenters. The monoisotopic (exact) mass is 199 g/mol. The molecule has 1 aliphatic rings. The molecule has 66 valence electrons. The van der Waals surface area contributed by atoms with Gasteiger partial charge in [0.2, 0.25) is 0 Å². The van der Waals surface area contributed by atoms with Crippen LogP contribution in [0.2, 0.25) is 0 Å². The van der Waals surface area contributed by atoms with Gasteiger partial charge in [0.25, 0.3) is 0 Å². The van der Waals surface area contributed by atoms with E-state index in [1.807, 2.05) is 0 Å². The molecular weight excluding hydrogens is 186 g/mol. The topological polar surface area (TPSA) is 12.0 Å². The van der Waals surface area contributed by atoms with Crippen molar-refractivity contribution in [3.05, 3.63) is 17.5 Å². The average Bonchev–Trinajstić information content (AvgIpc) is 2.59. The van der Waals surface area contributed by atoms with E-state index in [-0.39, 0.29) is 0 Å². The van der Waals surface area contributed by atoms with Crippen LogP contribution in [0, 0.1) is 0 Å². The predicted molar refractivity (Wildman–Crippen MR) is 58.3 cm³/mol. The molecule has 1 fully saturated rings. The molecule has 1 aromatic heterocycles. The van der Waals surface area contributed by atoms with Crippen LogP contribution in [0.1, 0.15) is 12.8 Å². The van der Waals surface area contributed by atoms with E-state index in [0.29, 0.717) is 0 Å². The molecule has 0 unspecified atom stereocenters. The summed E-state index contributed by atoms with van der Waals surface area (Å²) in [6.07, 6.45) is 2.64. The zero-order valence-corrected chi connectivity index (χ0v) is 8.59. The van der Waals surface area contributed by atoms with Gasteiger partial charge >= 0.3 is 0 Å². The van der Waals surface area contributed by atoms with Gasteiger partial charge in [-0.2, -0.15) is 11.8 Å². The van der Waals surface area contributed by atoms with Crippen LogP contribution in [-0.2, 0) is 0 Å². The highest BCUT2D eigenvalue weighted by atomic mass is 32.2. The van der Waals surface area contributed by atoms with Gasteiger partial charge in [-0.05, 0) is 41.9 Å². The van der Waals surface area contributed by atoms with E-state index >= 15 is 0 Å². The van der Waals surface area contributed by atoms with Gasteiger partial charge < -0.3 is 5.32 Å². The van der Waals surface area contributed by atoms with Crippen molar-refractivity contribution < 1.29 is 0 Å². The first-order valence-corrected chi connectivity index (χ1v) is 6.36. The lowest BCUT2D eigenvalue weighted by Gasteiger charge is -2.22. The van der Waals surface area contributed by atoms with Crippen molar-refractivity contribution in [2.24, 2.45) is 0 Å². The van der Waals surface area contributed by atoms with E-state index in [9.17, 15) is 0 Å².